The molecule has 4 rings (SSSR count). The highest BCUT2D eigenvalue weighted by atomic mass is 32.1. The summed E-state index contributed by atoms with van der Waals surface area (Å²) in [5.74, 6) is 1.53. The van der Waals surface area contributed by atoms with Crippen LogP contribution in [-0.2, 0) is 15.7 Å². The lowest BCUT2D eigenvalue weighted by atomic mass is 9.78. The SMILES string of the molecule is CC(C)(C)c1cc(C2=NOC(CCOc3ccc(NC(=N)c4cccs4)cc3)C2)cc(C(C)(C)C)c1O. The molecule has 7 heteroatoms. The van der Waals surface area contributed by atoms with Gasteiger partial charge in [-0.1, -0.05) is 52.8 Å². The van der Waals surface area contributed by atoms with Crippen LogP contribution in [0, 0.1) is 5.41 Å². The molecule has 0 fully saturated rings. The van der Waals surface area contributed by atoms with Gasteiger partial charge < -0.3 is 20.0 Å². The topological polar surface area (TPSA) is 86.9 Å². The maximum absolute atomic E-state index is 11.0. The molecule has 1 aliphatic heterocycles. The average molecular weight is 520 g/mol. The summed E-state index contributed by atoms with van der Waals surface area (Å²) >= 11 is 1.53. The first-order valence-corrected chi connectivity index (χ1v) is 13.5. The quantitative estimate of drug-likeness (QED) is 0.223. The average Bonchev–Trinajstić information content (AvgIpc) is 3.51. The lowest BCUT2D eigenvalue weighted by molar-refractivity contribution is 0.0675. The first kappa shape index (κ1) is 26.7. The molecule has 196 valence electrons. The van der Waals surface area contributed by atoms with Crippen molar-refractivity contribution < 1.29 is 14.7 Å². The fourth-order valence-corrected chi connectivity index (χ4v) is 4.90. The van der Waals surface area contributed by atoms with E-state index in [1.54, 1.807) is 0 Å². The Morgan fingerprint density at radius 1 is 1.08 bits per heavy atom. The van der Waals surface area contributed by atoms with Crippen LogP contribution < -0.4 is 10.1 Å². The number of aromatic hydroxyl groups is 1. The van der Waals surface area contributed by atoms with Crippen LogP contribution in [0.15, 0.2) is 59.1 Å². The number of benzene rings is 2. The molecule has 1 atom stereocenters. The van der Waals surface area contributed by atoms with Gasteiger partial charge in [0.25, 0.3) is 0 Å². The van der Waals surface area contributed by atoms with E-state index in [1.807, 2.05) is 41.8 Å². The van der Waals surface area contributed by atoms with E-state index in [0.717, 1.165) is 38.7 Å². The maximum atomic E-state index is 11.0. The van der Waals surface area contributed by atoms with Gasteiger partial charge in [0, 0.05) is 35.2 Å². The monoisotopic (exact) mass is 519 g/mol. The van der Waals surface area contributed by atoms with Crippen LogP contribution in [0.25, 0.3) is 0 Å². The Kier molecular flexibility index (Phi) is 7.64. The number of amidine groups is 1. The van der Waals surface area contributed by atoms with Crippen molar-refractivity contribution >= 4 is 28.6 Å². The second-order valence-corrected chi connectivity index (χ2v) is 12.5. The molecule has 1 aromatic heterocycles. The van der Waals surface area contributed by atoms with Crippen molar-refractivity contribution in [3.05, 3.63) is 75.5 Å². The van der Waals surface area contributed by atoms with Gasteiger partial charge >= 0.3 is 0 Å². The van der Waals surface area contributed by atoms with Gasteiger partial charge in [0.15, 0.2) is 0 Å². The molecule has 2 aromatic carbocycles. The molecule has 0 saturated carbocycles. The van der Waals surface area contributed by atoms with Crippen molar-refractivity contribution in [2.24, 2.45) is 5.16 Å². The molecule has 2 heterocycles. The van der Waals surface area contributed by atoms with Crippen LogP contribution in [0.3, 0.4) is 0 Å². The Morgan fingerprint density at radius 2 is 1.73 bits per heavy atom. The number of hydrogen-bond acceptors (Lipinski definition) is 6. The summed E-state index contributed by atoms with van der Waals surface area (Å²) in [4.78, 5) is 6.65. The molecule has 6 nitrogen and oxygen atoms in total. The summed E-state index contributed by atoms with van der Waals surface area (Å²) < 4.78 is 5.94. The fraction of sp³-hybridized carbons (Fsp3) is 0.400. The third-order valence-electron chi connectivity index (χ3n) is 6.39. The lowest BCUT2D eigenvalue weighted by Gasteiger charge is -2.28. The van der Waals surface area contributed by atoms with Gasteiger partial charge in [0.05, 0.1) is 17.2 Å². The molecular weight excluding hydrogens is 482 g/mol. The third kappa shape index (κ3) is 6.52. The Hall–Kier alpha value is -3.32. The van der Waals surface area contributed by atoms with Crippen LogP contribution in [0.4, 0.5) is 5.69 Å². The minimum Gasteiger partial charge on any atom is -0.507 e. The molecule has 0 aliphatic carbocycles. The largest absolute Gasteiger partial charge is 0.507 e. The van der Waals surface area contributed by atoms with Gasteiger partial charge in [-0.15, -0.1) is 11.3 Å². The summed E-state index contributed by atoms with van der Waals surface area (Å²) in [5.41, 5.74) is 4.23. The van der Waals surface area contributed by atoms with E-state index in [1.165, 1.54) is 11.3 Å². The highest BCUT2D eigenvalue weighted by Crippen LogP contribution is 2.40. The minimum absolute atomic E-state index is 0.0489. The number of phenols is 1. The molecule has 0 saturated heterocycles. The Labute approximate surface area is 223 Å². The molecule has 3 aromatic rings. The van der Waals surface area contributed by atoms with E-state index >= 15 is 0 Å². The third-order valence-corrected chi connectivity index (χ3v) is 7.28. The summed E-state index contributed by atoms with van der Waals surface area (Å²) in [6.07, 6.45) is 1.37. The van der Waals surface area contributed by atoms with Crippen molar-refractivity contribution in [2.75, 3.05) is 11.9 Å². The lowest BCUT2D eigenvalue weighted by Crippen LogP contribution is -2.19. The van der Waals surface area contributed by atoms with Gasteiger partial charge in [0.1, 0.15) is 23.4 Å². The molecule has 0 spiro atoms. The number of phenolic OH excluding ortho intramolecular Hbond substituents is 1. The highest BCUT2D eigenvalue weighted by Gasteiger charge is 2.29. The first-order valence-electron chi connectivity index (χ1n) is 12.6. The molecule has 0 bridgehead atoms. The van der Waals surface area contributed by atoms with E-state index in [-0.39, 0.29) is 16.9 Å². The first-order chi connectivity index (χ1) is 17.4. The number of thiophene rings is 1. The zero-order valence-electron chi connectivity index (χ0n) is 22.5. The van der Waals surface area contributed by atoms with Gasteiger partial charge in [-0.2, -0.15) is 0 Å². The molecular formula is C30H37N3O3S. The zero-order chi connectivity index (χ0) is 26.8. The molecule has 3 N–H and O–H groups in total. The number of hydrogen-bond donors (Lipinski definition) is 3. The number of ether oxygens (including phenoxy) is 1. The van der Waals surface area contributed by atoms with Crippen molar-refractivity contribution in [2.45, 2.75) is 71.3 Å². The van der Waals surface area contributed by atoms with Crippen molar-refractivity contribution in [3.8, 4) is 11.5 Å². The van der Waals surface area contributed by atoms with Gasteiger partial charge in [-0.3, -0.25) is 5.41 Å². The predicted molar refractivity (Wildman–Crippen MR) is 153 cm³/mol. The number of nitrogens with one attached hydrogen (secondary N) is 2. The normalized spacial score (nSPS) is 15.7. The summed E-state index contributed by atoms with van der Waals surface area (Å²) in [6, 6.07) is 15.6. The Balaban J connectivity index is 1.33. The van der Waals surface area contributed by atoms with Crippen LogP contribution in [0.1, 0.15) is 76.0 Å². The maximum Gasteiger partial charge on any atom is 0.140 e. The van der Waals surface area contributed by atoms with E-state index in [2.05, 4.69) is 64.1 Å². The highest BCUT2D eigenvalue weighted by molar-refractivity contribution is 7.12. The second kappa shape index (κ2) is 10.6. The van der Waals surface area contributed by atoms with Crippen LogP contribution >= 0.6 is 11.3 Å². The van der Waals surface area contributed by atoms with Crippen molar-refractivity contribution in [1.82, 2.24) is 0 Å². The van der Waals surface area contributed by atoms with Crippen molar-refractivity contribution in [1.29, 1.82) is 5.41 Å². The number of nitrogens with zero attached hydrogens (tertiary/aromatic N) is 1. The van der Waals surface area contributed by atoms with Gasteiger partial charge in [-0.05, 0) is 58.7 Å². The summed E-state index contributed by atoms with van der Waals surface area (Å²) in [5, 5.41) is 28.6. The predicted octanol–water partition coefficient (Wildman–Crippen LogP) is 7.45. The van der Waals surface area contributed by atoms with E-state index in [4.69, 9.17) is 15.0 Å². The fourth-order valence-electron chi connectivity index (χ4n) is 4.27. The van der Waals surface area contributed by atoms with Crippen molar-refractivity contribution in [3.63, 3.8) is 0 Å². The van der Waals surface area contributed by atoms with E-state index < -0.39 is 0 Å². The number of oxime groups is 1. The molecule has 1 aliphatic rings. The molecule has 37 heavy (non-hydrogen) atoms. The van der Waals surface area contributed by atoms with Crippen LogP contribution in [-0.4, -0.2) is 29.4 Å². The van der Waals surface area contributed by atoms with Gasteiger partial charge in [-0.25, -0.2) is 0 Å². The molecule has 1 unspecified atom stereocenters. The summed E-state index contributed by atoms with van der Waals surface area (Å²) in [7, 11) is 0. The number of anilines is 1. The second-order valence-electron chi connectivity index (χ2n) is 11.5. The molecule has 0 radical (unpaired) electrons. The van der Waals surface area contributed by atoms with Gasteiger partial charge in [0.2, 0.25) is 0 Å². The zero-order valence-corrected chi connectivity index (χ0v) is 23.3. The van der Waals surface area contributed by atoms with Crippen LogP contribution in [0.2, 0.25) is 0 Å². The smallest absolute Gasteiger partial charge is 0.140 e. The summed E-state index contributed by atoms with van der Waals surface area (Å²) in [6.45, 7) is 13.2. The van der Waals surface area contributed by atoms with Crippen LogP contribution in [0.5, 0.6) is 11.5 Å². The Bertz CT molecular complexity index is 1230. The standard InChI is InChI=1S/C30H37N3O3S/c1-29(2,3)23-16-19(17-24(27(23)34)30(4,5)6)25-18-22(36-33-25)13-14-35-21-11-9-20(10-12-21)32-28(31)26-8-7-15-37-26/h7-12,15-17,22,34H,13-14,18H2,1-6H3,(H2,31,32). The minimum atomic E-state index is -0.192. The van der Waals surface area contributed by atoms with E-state index in [9.17, 15) is 5.11 Å². The van der Waals surface area contributed by atoms with E-state index in [0.29, 0.717) is 31.0 Å². The Morgan fingerprint density at radius 3 is 2.30 bits per heavy atom. The number of rotatable bonds is 7. The molecule has 0 amide bonds.